The Bertz CT molecular complexity index is 292. The monoisotopic (exact) mass is 168 g/mol. The van der Waals surface area contributed by atoms with Crippen LogP contribution >= 0.6 is 0 Å². The minimum Gasteiger partial charge on any atom is -0.242 e. The van der Waals surface area contributed by atoms with Crippen LogP contribution in [0.25, 0.3) is 0 Å². The van der Waals surface area contributed by atoms with E-state index in [1.165, 1.54) is 6.20 Å². The average Bonchev–Trinajstić information content (AvgIpc) is 1.97. The van der Waals surface area contributed by atoms with Gasteiger partial charge in [-0.25, -0.2) is 19.4 Å². The summed E-state index contributed by atoms with van der Waals surface area (Å²) >= 11 is 0. The van der Waals surface area contributed by atoms with Crippen LogP contribution in [-0.2, 0) is 19.4 Å². The van der Waals surface area contributed by atoms with Crippen molar-refractivity contribution in [3.8, 4) is 0 Å². The summed E-state index contributed by atoms with van der Waals surface area (Å²) in [7, 11) is 0. The molecule has 6 nitrogen and oxygen atoms in total. The van der Waals surface area contributed by atoms with Crippen molar-refractivity contribution in [3.05, 3.63) is 24.6 Å². The molecular formula is C6H4N2O4. The third-order valence-corrected chi connectivity index (χ3v) is 0.921. The molecule has 0 saturated carbocycles. The molecule has 0 N–H and O–H groups in total. The molecule has 0 aromatic heterocycles. The van der Waals surface area contributed by atoms with Crippen molar-refractivity contribution in [3.63, 3.8) is 0 Å². The average molecular weight is 168 g/mol. The van der Waals surface area contributed by atoms with Gasteiger partial charge in [0.25, 0.3) is 0 Å². The Labute approximate surface area is 67.1 Å². The smallest absolute Gasteiger partial charge is 0.242 e. The van der Waals surface area contributed by atoms with Gasteiger partial charge in [0, 0.05) is 6.08 Å². The predicted molar refractivity (Wildman–Crippen MR) is 35.3 cm³/mol. The SMILES string of the molecule is C=CC(=O)OOC(=O)C1=CN=N1. The Kier molecular flexibility index (Phi) is 2.32. The first-order chi connectivity index (χ1) is 5.74. The lowest BCUT2D eigenvalue weighted by atomic mass is 10.5. The molecule has 0 unspecified atom stereocenters. The highest BCUT2D eigenvalue weighted by atomic mass is 17.2. The van der Waals surface area contributed by atoms with Crippen molar-refractivity contribution in [1.29, 1.82) is 0 Å². The van der Waals surface area contributed by atoms with E-state index in [1.54, 1.807) is 0 Å². The number of azo groups is 1. The molecule has 0 bridgehead atoms. The Morgan fingerprint density at radius 2 is 2.17 bits per heavy atom. The summed E-state index contributed by atoms with van der Waals surface area (Å²) in [6.45, 7) is 3.10. The molecule has 0 atom stereocenters. The molecule has 1 heterocycles. The van der Waals surface area contributed by atoms with Crippen LogP contribution in [0.1, 0.15) is 0 Å². The van der Waals surface area contributed by atoms with Crippen LogP contribution in [0.4, 0.5) is 0 Å². The van der Waals surface area contributed by atoms with Crippen molar-refractivity contribution in [2.75, 3.05) is 0 Å². The lowest BCUT2D eigenvalue weighted by Gasteiger charge is -2.01. The van der Waals surface area contributed by atoms with Crippen LogP contribution in [0, 0.1) is 0 Å². The molecule has 0 fully saturated rings. The van der Waals surface area contributed by atoms with Gasteiger partial charge in [0.15, 0.2) is 5.70 Å². The minimum atomic E-state index is -0.861. The van der Waals surface area contributed by atoms with Crippen LogP contribution in [0.5, 0.6) is 0 Å². The third-order valence-electron chi connectivity index (χ3n) is 0.921. The van der Waals surface area contributed by atoms with E-state index in [9.17, 15) is 9.59 Å². The van der Waals surface area contributed by atoms with Gasteiger partial charge in [0.05, 0.1) is 6.20 Å². The maximum absolute atomic E-state index is 10.7. The first kappa shape index (κ1) is 8.12. The number of carbonyl (C=O) groups is 2. The van der Waals surface area contributed by atoms with E-state index in [0.29, 0.717) is 0 Å². The number of nitrogens with zero attached hydrogens (tertiary/aromatic N) is 2. The number of hydrogen-bond acceptors (Lipinski definition) is 6. The molecule has 0 saturated heterocycles. The molecule has 0 aliphatic carbocycles. The standard InChI is InChI=1S/C6H4N2O4/c1-2-5(9)11-12-6(10)4-3-7-8-4/h2-3H,1H2. The Morgan fingerprint density at radius 1 is 1.50 bits per heavy atom. The zero-order valence-corrected chi connectivity index (χ0v) is 5.89. The molecule has 0 spiro atoms. The lowest BCUT2D eigenvalue weighted by molar-refractivity contribution is -0.251. The number of rotatable bonds is 2. The highest BCUT2D eigenvalue weighted by Gasteiger charge is 2.17. The summed E-state index contributed by atoms with van der Waals surface area (Å²) in [5, 5.41) is 6.54. The van der Waals surface area contributed by atoms with E-state index in [2.05, 4.69) is 26.6 Å². The van der Waals surface area contributed by atoms with Crippen molar-refractivity contribution in [2.24, 2.45) is 10.2 Å². The zero-order chi connectivity index (χ0) is 8.97. The first-order valence-corrected chi connectivity index (χ1v) is 2.90. The maximum atomic E-state index is 10.7. The zero-order valence-electron chi connectivity index (χ0n) is 5.89. The first-order valence-electron chi connectivity index (χ1n) is 2.90. The molecule has 6 heteroatoms. The van der Waals surface area contributed by atoms with E-state index in [-0.39, 0.29) is 5.70 Å². The Hall–Kier alpha value is -1.98. The van der Waals surface area contributed by atoms with E-state index < -0.39 is 11.9 Å². The van der Waals surface area contributed by atoms with Crippen LogP contribution in [0.2, 0.25) is 0 Å². The van der Waals surface area contributed by atoms with Gasteiger partial charge in [-0.05, 0) is 0 Å². The topological polar surface area (TPSA) is 77.3 Å². The van der Waals surface area contributed by atoms with Crippen molar-refractivity contribution in [1.82, 2.24) is 0 Å². The van der Waals surface area contributed by atoms with Crippen molar-refractivity contribution in [2.45, 2.75) is 0 Å². The van der Waals surface area contributed by atoms with Gasteiger partial charge in [-0.2, -0.15) is 5.11 Å². The van der Waals surface area contributed by atoms with Crippen LogP contribution < -0.4 is 0 Å². The molecule has 62 valence electrons. The molecular weight excluding hydrogens is 164 g/mol. The summed E-state index contributed by atoms with van der Waals surface area (Å²) in [6, 6.07) is 0. The van der Waals surface area contributed by atoms with E-state index in [4.69, 9.17) is 0 Å². The van der Waals surface area contributed by atoms with Gasteiger partial charge < -0.3 is 0 Å². The normalized spacial score (nSPS) is 12.5. The van der Waals surface area contributed by atoms with Crippen LogP contribution in [0.3, 0.4) is 0 Å². The minimum absolute atomic E-state index is 0.00635. The van der Waals surface area contributed by atoms with Crippen LogP contribution in [0.15, 0.2) is 34.8 Å². The molecule has 1 rings (SSSR count). The second-order valence-electron chi connectivity index (χ2n) is 1.71. The van der Waals surface area contributed by atoms with Crippen LogP contribution in [-0.4, -0.2) is 11.9 Å². The van der Waals surface area contributed by atoms with Gasteiger partial charge in [-0.15, -0.1) is 5.11 Å². The summed E-state index contributed by atoms with van der Waals surface area (Å²) in [4.78, 5) is 29.0. The fraction of sp³-hybridized carbons (Fsp3) is 0. The molecule has 0 amide bonds. The van der Waals surface area contributed by atoms with Crippen molar-refractivity contribution >= 4 is 11.9 Å². The summed E-state index contributed by atoms with van der Waals surface area (Å²) in [5.41, 5.74) is 0.00635. The summed E-state index contributed by atoms with van der Waals surface area (Å²) in [6.07, 6.45) is 2.05. The van der Waals surface area contributed by atoms with E-state index in [0.717, 1.165) is 6.08 Å². The number of hydrogen-bond donors (Lipinski definition) is 0. The van der Waals surface area contributed by atoms with Gasteiger partial charge in [0.2, 0.25) is 0 Å². The summed E-state index contributed by atoms with van der Waals surface area (Å²) in [5.74, 6) is -1.71. The molecule has 0 radical (unpaired) electrons. The molecule has 0 aromatic rings. The molecule has 1 aliphatic rings. The Balaban J connectivity index is 2.27. The quantitative estimate of drug-likeness (QED) is 0.341. The fourth-order valence-corrected chi connectivity index (χ4v) is 0.365. The third kappa shape index (κ3) is 1.75. The largest absolute Gasteiger partial charge is 0.408 e. The molecule has 1 aliphatic heterocycles. The van der Waals surface area contributed by atoms with Gasteiger partial charge in [-0.1, -0.05) is 6.58 Å². The highest BCUT2D eigenvalue weighted by molar-refractivity contribution is 5.89. The fourth-order valence-electron chi connectivity index (χ4n) is 0.365. The van der Waals surface area contributed by atoms with Crippen molar-refractivity contribution < 1.29 is 19.4 Å². The second kappa shape index (κ2) is 3.42. The Morgan fingerprint density at radius 3 is 2.58 bits per heavy atom. The van der Waals surface area contributed by atoms with E-state index in [1.807, 2.05) is 0 Å². The highest BCUT2D eigenvalue weighted by Crippen LogP contribution is 2.10. The lowest BCUT2D eigenvalue weighted by Crippen LogP contribution is -2.11. The van der Waals surface area contributed by atoms with Gasteiger partial charge in [-0.3, -0.25) is 0 Å². The summed E-state index contributed by atoms with van der Waals surface area (Å²) < 4.78 is 0. The molecule has 12 heavy (non-hydrogen) atoms. The predicted octanol–water partition coefficient (Wildman–Crippen LogP) is 0.481. The van der Waals surface area contributed by atoms with Gasteiger partial charge in [0.1, 0.15) is 0 Å². The van der Waals surface area contributed by atoms with E-state index >= 15 is 0 Å². The number of carbonyl (C=O) groups excluding carboxylic acids is 2. The molecule has 0 aromatic carbocycles. The van der Waals surface area contributed by atoms with Gasteiger partial charge >= 0.3 is 11.9 Å². The second-order valence-corrected chi connectivity index (χ2v) is 1.71. The maximum Gasteiger partial charge on any atom is 0.408 e.